The number of aryl methyl sites for hydroxylation is 1. The molecule has 0 unspecified atom stereocenters. The van der Waals surface area contributed by atoms with Crippen molar-refractivity contribution in [3.05, 3.63) is 28.8 Å². The van der Waals surface area contributed by atoms with Gasteiger partial charge in [0.25, 0.3) is 0 Å². The minimum absolute atomic E-state index is 0.396. The molecule has 0 aromatic heterocycles. The largest absolute Gasteiger partial charge is 0.314 e. The lowest BCUT2D eigenvalue weighted by Crippen LogP contribution is -2.08. The lowest BCUT2D eigenvalue weighted by molar-refractivity contribution is -0.111. The third-order valence-electron chi connectivity index (χ3n) is 1.53. The first-order valence-corrected chi connectivity index (χ1v) is 4.99. The van der Waals surface area contributed by atoms with Crippen LogP contribution in [0.5, 0.6) is 0 Å². The molecule has 72 valence electrons. The predicted octanol–water partition coefficient (Wildman–Crippen LogP) is 2.94. The van der Waals surface area contributed by atoms with Crippen molar-refractivity contribution in [1.82, 2.24) is 0 Å². The third-order valence-corrected chi connectivity index (χ3v) is 2.04. The standard InChI is InChI=1S/C10H7BrClNO/c1-7-2-3-9(8(12)6-7)13-10(14)4-5-11/h2-3,6H,1H3,(H,13,14). The molecule has 1 N–H and O–H groups in total. The van der Waals surface area contributed by atoms with Gasteiger partial charge in [-0.1, -0.05) is 17.7 Å². The van der Waals surface area contributed by atoms with Crippen molar-refractivity contribution in [2.45, 2.75) is 6.92 Å². The van der Waals surface area contributed by atoms with Gasteiger partial charge in [0.2, 0.25) is 0 Å². The number of rotatable bonds is 1. The molecule has 1 aromatic carbocycles. The fraction of sp³-hybridized carbons (Fsp3) is 0.100. The van der Waals surface area contributed by atoms with Crippen LogP contribution in [0, 0.1) is 17.7 Å². The molecular weight excluding hydrogens is 265 g/mol. The van der Waals surface area contributed by atoms with E-state index >= 15 is 0 Å². The number of halogens is 2. The van der Waals surface area contributed by atoms with E-state index in [1.165, 1.54) is 0 Å². The van der Waals surface area contributed by atoms with Crippen LogP contribution in [0.2, 0.25) is 5.02 Å². The van der Waals surface area contributed by atoms with Crippen LogP contribution in [0.25, 0.3) is 0 Å². The summed E-state index contributed by atoms with van der Waals surface area (Å²) in [6.45, 7) is 1.93. The van der Waals surface area contributed by atoms with E-state index < -0.39 is 5.91 Å². The van der Waals surface area contributed by atoms with E-state index in [1.54, 1.807) is 12.1 Å². The Morgan fingerprint density at radius 2 is 2.29 bits per heavy atom. The highest BCUT2D eigenvalue weighted by Crippen LogP contribution is 2.22. The van der Waals surface area contributed by atoms with Crippen molar-refractivity contribution in [3.63, 3.8) is 0 Å². The van der Waals surface area contributed by atoms with E-state index in [1.807, 2.05) is 13.0 Å². The summed E-state index contributed by atoms with van der Waals surface area (Å²) in [6, 6.07) is 5.38. The van der Waals surface area contributed by atoms with Crippen LogP contribution in [-0.4, -0.2) is 5.91 Å². The summed E-state index contributed by atoms with van der Waals surface area (Å²) in [5, 5.41) is 3.07. The summed E-state index contributed by atoms with van der Waals surface area (Å²) < 4.78 is 0. The second kappa shape index (κ2) is 5.04. The van der Waals surface area contributed by atoms with Crippen molar-refractivity contribution in [2.75, 3.05) is 5.32 Å². The summed E-state index contributed by atoms with van der Waals surface area (Å²) in [4.78, 5) is 13.4. The van der Waals surface area contributed by atoms with Crippen molar-refractivity contribution in [1.29, 1.82) is 0 Å². The monoisotopic (exact) mass is 271 g/mol. The maximum Gasteiger partial charge on any atom is 0.301 e. The summed E-state index contributed by atoms with van der Waals surface area (Å²) in [6.07, 6.45) is 0. The van der Waals surface area contributed by atoms with Crippen LogP contribution in [0.3, 0.4) is 0 Å². The van der Waals surface area contributed by atoms with Crippen LogP contribution in [-0.2, 0) is 4.79 Å². The third kappa shape index (κ3) is 3.06. The molecule has 1 aromatic rings. The van der Waals surface area contributed by atoms with Gasteiger partial charge in [-0.25, -0.2) is 0 Å². The average Bonchev–Trinajstić information content (AvgIpc) is 2.10. The van der Waals surface area contributed by atoms with Gasteiger partial charge in [-0.05, 0) is 29.4 Å². The van der Waals surface area contributed by atoms with Gasteiger partial charge >= 0.3 is 5.91 Å². The Morgan fingerprint density at radius 1 is 1.57 bits per heavy atom. The number of anilines is 1. The molecule has 0 aliphatic heterocycles. The second-order valence-corrected chi connectivity index (χ2v) is 3.46. The van der Waals surface area contributed by atoms with E-state index in [-0.39, 0.29) is 0 Å². The number of nitrogens with one attached hydrogen (secondary N) is 1. The Kier molecular flexibility index (Phi) is 3.99. The zero-order valence-electron chi connectivity index (χ0n) is 7.40. The SMILES string of the molecule is Cc1ccc(NC(=O)C#CBr)c(Cl)c1. The van der Waals surface area contributed by atoms with Gasteiger partial charge in [-0.3, -0.25) is 4.79 Å². The maximum atomic E-state index is 11.1. The van der Waals surface area contributed by atoms with Crippen molar-refractivity contribution >= 4 is 39.1 Å². The first-order chi connectivity index (χ1) is 6.63. The van der Waals surface area contributed by atoms with Gasteiger partial charge in [0.1, 0.15) is 0 Å². The second-order valence-electron chi connectivity index (χ2n) is 2.66. The van der Waals surface area contributed by atoms with Crippen LogP contribution in [0.15, 0.2) is 18.2 Å². The number of hydrogen-bond donors (Lipinski definition) is 1. The molecule has 0 saturated carbocycles. The van der Waals surface area contributed by atoms with Crippen molar-refractivity contribution < 1.29 is 4.79 Å². The molecule has 2 nitrogen and oxygen atoms in total. The van der Waals surface area contributed by atoms with Gasteiger partial charge < -0.3 is 5.32 Å². The van der Waals surface area contributed by atoms with Crippen LogP contribution < -0.4 is 5.32 Å². The molecule has 0 atom stereocenters. The summed E-state index contributed by atoms with van der Waals surface area (Å²) in [7, 11) is 0. The van der Waals surface area contributed by atoms with E-state index in [4.69, 9.17) is 11.6 Å². The van der Waals surface area contributed by atoms with Crippen molar-refractivity contribution in [3.8, 4) is 10.8 Å². The van der Waals surface area contributed by atoms with Crippen LogP contribution in [0.4, 0.5) is 5.69 Å². The van der Waals surface area contributed by atoms with Crippen LogP contribution >= 0.6 is 27.5 Å². The first-order valence-electron chi connectivity index (χ1n) is 3.82. The number of benzene rings is 1. The van der Waals surface area contributed by atoms with E-state index in [0.29, 0.717) is 10.7 Å². The van der Waals surface area contributed by atoms with Gasteiger partial charge in [0.15, 0.2) is 0 Å². The first kappa shape index (κ1) is 11.1. The molecular formula is C10H7BrClNO. The maximum absolute atomic E-state index is 11.1. The number of carbonyl (C=O) groups is 1. The Hall–Kier alpha value is -0.980. The molecule has 0 bridgehead atoms. The quantitative estimate of drug-likeness (QED) is 0.783. The molecule has 1 rings (SSSR count). The Morgan fingerprint density at radius 3 is 2.86 bits per heavy atom. The fourth-order valence-corrected chi connectivity index (χ4v) is 1.38. The summed E-state index contributed by atoms with van der Waals surface area (Å²) in [5.74, 6) is 1.90. The molecule has 0 saturated heterocycles. The Labute approximate surface area is 95.8 Å². The molecule has 0 aliphatic carbocycles. The molecule has 0 aliphatic rings. The minimum atomic E-state index is -0.396. The fourth-order valence-electron chi connectivity index (χ4n) is 0.918. The van der Waals surface area contributed by atoms with Crippen LogP contribution in [0.1, 0.15) is 5.56 Å². The van der Waals surface area contributed by atoms with Gasteiger partial charge in [0, 0.05) is 21.9 Å². The van der Waals surface area contributed by atoms with Gasteiger partial charge in [-0.2, -0.15) is 0 Å². The molecule has 0 heterocycles. The number of hydrogen-bond acceptors (Lipinski definition) is 1. The van der Waals surface area contributed by atoms with E-state index in [2.05, 4.69) is 32.0 Å². The molecule has 4 heteroatoms. The highest BCUT2D eigenvalue weighted by Gasteiger charge is 2.02. The normalized spacial score (nSPS) is 8.79. The molecule has 0 fully saturated rings. The molecule has 0 spiro atoms. The van der Waals surface area contributed by atoms with Gasteiger partial charge in [-0.15, -0.1) is 0 Å². The average molecular weight is 273 g/mol. The van der Waals surface area contributed by atoms with Crippen molar-refractivity contribution in [2.24, 2.45) is 0 Å². The Bertz CT molecular complexity index is 420. The zero-order chi connectivity index (χ0) is 10.6. The number of amides is 1. The minimum Gasteiger partial charge on any atom is -0.314 e. The summed E-state index contributed by atoms with van der Waals surface area (Å²) >= 11 is 8.74. The zero-order valence-corrected chi connectivity index (χ0v) is 9.74. The topological polar surface area (TPSA) is 29.1 Å². The van der Waals surface area contributed by atoms with Gasteiger partial charge in [0.05, 0.1) is 10.7 Å². The Balaban J connectivity index is 2.85. The molecule has 0 radical (unpaired) electrons. The van der Waals surface area contributed by atoms with E-state index in [9.17, 15) is 4.79 Å². The predicted molar refractivity (Wildman–Crippen MR) is 61.5 cm³/mol. The highest BCUT2D eigenvalue weighted by molar-refractivity contribution is 9.12. The number of carbonyl (C=O) groups excluding carboxylic acids is 1. The highest BCUT2D eigenvalue weighted by atomic mass is 79.9. The molecule has 1 amide bonds. The lowest BCUT2D eigenvalue weighted by Gasteiger charge is -2.04. The summed E-state index contributed by atoms with van der Waals surface area (Å²) in [5.41, 5.74) is 1.61. The lowest BCUT2D eigenvalue weighted by atomic mass is 10.2. The van der Waals surface area contributed by atoms with E-state index in [0.717, 1.165) is 5.56 Å². The molecule has 14 heavy (non-hydrogen) atoms. The smallest absolute Gasteiger partial charge is 0.301 e.